The van der Waals surface area contributed by atoms with E-state index in [2.05, 4.69) is 5.32 Å². The van der Waals surface area contributed by atoms with Gasteiger partial charge in [0.2, 0.25) is 0 Å². The van der Waals surface area contributed by atoms with E-state index in [9.17, 15) is 9.59 Å². The number of hydrogen-bond acceptors (Lipinski definition) is 4. The second kappa shape index (κ2) is 10.8. The van der Waals surface area contributed by atoms with E-state index in [0.29, 0.717) is 12.2 Å². The number of para-hydroxylation sites is 1. The lowest BCUT2D eigenvalue weighted by atomic mass is 10.0. The van der Waals surface area contributed by atoms with E-state index < -0.39 is 5.97 Å². The van der Waals surface area contributed by atoms with Crippen LogP contribution in [0.5, 0.6) is 5.75 Å². The van der Waals surface area contributed by atoms with Crippen molar-refractivity contribution in [2.75, 3.05) is 13.2 Å². The van der Waals surface area contributed by atoms with E-state index in [4.69, 9.17) is 9.47 Å². The number of benzene rings is 3. The molecule has 0 fully saturated rings. The molecule has 0 saturated heterocycles. The zero-order valence-corrected chi connectivity index (χ0v) is 16.9. The number of amides is 1. The summed E-state index contributed by atoms with van der Waals surface area (Å²) in [7, 11) is 0. The Morgan fingerprint density at radius 3 is 2.20 bits per heavy atom. The highest BCUT2D eigenvalue weighted by Crippen LogP contribution is 2.21. The predicted molar refractivity (Wildman–Crippen MR) is 115 cm³/mol. The minimum Gasteiger partial charge on any atom is -0.482 e. The molecule has 0 unspecified atom stereocenters. The zero-order chi connectivity index (χ0) is 21.2. The van der Waals surface area contributed by atoms with E-state index in [1.165, 1.54) is 0 Å². The molecule has 0 aliphatic carbocycles. The van der Waals surface area contributed by atoms with Crippen molar-refractivity contribution in [2.45, 2.75) is 19.4 Å². The van der Waals surface area contributed by atoms with Crippen LogP contribution >= 0.6 is 0 Å². The van der Waals surface area contributed by atoms with Gasteiger partial charge in [-0.2, -0.15) is 0 Å². The van der Waals surface area contributed by atoms with Crippen LogP contribution in [0.1, 0.15) is 29.7 Å². The summed E-state index contributed by atoms with van der Waals surface area (Å²) in [6, 6.07) is 27.0. The first-order valence-corrected chi connectivity index (χ1v) is 9.86. The van der Waals surface area contributed by atoms with E-state index >= 15 is 0 Å². The molecule has 0 saturated carbocycles. The van der Waals surface area contributed by atoms with Gasteiger partial charge in [-0.05, 0) is 29.7 Å². The van der Waals surface area contributed by atoms with Gasteiger partial charge < -0.3 is 14.8 Å². The lowest BCUT2D eigenvalue weighted by Crippen LogP contribution is -2.31. The topological polar surface area (TPSA) is 64.6 Å². The van der Waals surface area contributed by atoms with Crippen molar-refractivity contribution in [1.29, 1.82) is 0 Å². The highest BCUT2D eigenvalue weighted by atomic mass is 16.6. The first kappa shape index (κ1) is 21.1. The molecule has 0 aliphatic rings. The number of ether oxygens (including phenoxy) is 2. The molecule has 0 radical (unpaired) electrons. The van der Waals surface area contributed by atoms with Gasteiger partial charge in [-0.3, -0.25) is 4.79 Å². The Bertz CT molecular complexity index is 957. The molecule has 0 heterocycles. The zero-order valence-electron chi connectivity index (χ0n) is 16.9. The van der Waals surface area contributed by atoms with Crippen LogP contribution < -0.4 is 10.1 Å². The standard InChI is InChI=1S/C25H25NO4/c1-19(21-12-6-3-7-13-21)26-24(27)17-30-25(28)18-29-23-15-9-8-14-22(23)16-20-10-4-2-5-11-20/h2-15,19H,16-18H2,1H3,(H,26,27)/t19-/m1/s1. The average Bonchev–Trinajstić information content (AvgIpc) is 2.78. The number of carbonyl (C=O) groups is 2. The highest BCUT2D eigenvalue weighted by Gasteiger charge is 2.13. The maximum absolute atomic E-state index is 12.0. The normalized spacial score (nSPS) is 11.4. The first-order chi connectivity index (χ1) is 14.6. The Morgan fingerprint density at radius 1 is 0.833 bits per heavy atom. The third-order valence-corrected chi connectivity index (χ3v) is 4.60. The van der Waals surface area contributed by atoms with Crippen molar-refractivity contribution < 1.29 is 19.1 Å². The van der Waals surface area contributed by atoms with Gasteiger partial charge in [0.1, 0.15) is 5.75 Å². The summed E-state index contributed by atoms with van der Waals surface area (Å²) in [6.45, 7) is 1.28. The average molecular weight is 403 g/mol. The number of esters is 1. The summed E-state index contributed by atoms with van der Waals surface area (Å²) < 4.78 is 10.7. The van der Waals surface area contributed by atoms with Crippen molar-refractivity contribution in [2.24, 2.45) is 0 Å². The Balaban J connectivity index is 1.45. The Hall–Kier alpha value is -3.60. The molecular weight excluding hydrogens is 378 g/mol. The van der Waals surface area contributed by atoms with Crippen LogP contribution in [-0.2, 0) is 20.7 Å². The molecule has 3 rings (SSSR count). The Kier molecular flexibility index (Phi) is 7.61. The molecule has 5 nitrogen and oxygen atoms in total. The molecule has 1 amide bonds. The number of carbonyl (C=O) groups excluding carboxylic acids is 2. The summed E-state index contributed by atoms with van der Waals surface area (Å²) >= 11 is 0. The molecule has 5 heteroatoms. The minimum absolute atomic E-state index is 0.168. The highest BCUT2D eigenvalue weighted by molar-refractivity contribution is 5.81. The molecule has 154 valence electrons. The number of hydrogen-bond donors (Lipinski definition) is 1. The Labute approximate surface area is 176 Å². The van der Waals surface area contributed by atoms with E-state index in [0.717, 1.165) is 16.7 Å². The third-order valence-electron chi connectivity index (χ3n) is 4.60. The molecule has 30 heavy (non-hydrogen) atoms. The van der Waals surface area contributed by atoms with Crippen LogP contribution in [0.2, 0.25) is 0 Å². The first-order valence-electron chi connectivity index (χ1n) is 9.86. The van der Waals surface area contributed by atoms with E-state index in [1.807, 2.05) is 91.9 Å². The molecule has 1 N–H and O–H groups in total. The molecule has 0 bridgehead atoms. The van der Waals surface area contributed by atoms with Gasteiger partial charge in [-0.1, -0.05) is 78.9 Å². The van der Waals surface area contributed by atoms with Gasteiger partial charge in [-0.25, -0.2) is 4.79 Å². The molecule has 0 aliphatic heterocycles. The van der Waals surface area contributed by atoms with Gasteiger partial charge in [0.05, 0.1) is 6.04 Å². The van der Waals surface area contributed by atoms with Gasteiger partial charge in [-0.15, -0.1) is 0 Å². The van der Waals surface area contributed by atoms with Gasteiger partial charge in [0, 0.05) is 6.42 Å². The molecule has 0 aromatic heterocycles. The molecule has 0 spiro atoms. The minimum atomic E-state index is -0.591. The molecule has 3 aromatic rings. The quantitative estimate of drug-likeness (QED) is 0.547. The van der Waals surface area contributed by atoms with E-state index in [1.54, 1.807) is 0 Å². The second-order valence-corrected chi connectivity index (χ2v) is 6.92. The Morgan fingerprint density at radius 2 is 1.47 bits per heavy atom. The van der Waals surface area contributed by atoms with Gasteiger partial charge in [0.25, 0.3) is 5.91 Å². The van der Waals surface area contributed by atoms with Crippen LogP contribution in [-0.4, -0.2) is 25.1 Å². The fourth-order valence-corrected chi connectivity index (χ4v) is 3.04. The summed E-state index contributed by atoms with van der Waals surface area (Å²) in [6.07, 6.45) is 0.700. The largest absolute Gasteiger partial charge is 0.482 e. The molecule has 3 aromatic carbocycles. The number of nitrogens with one attached hydrogen (secondary N) is 1. The maximum atomic E-state index is 12.0. The van der Waals surface area contributed by atoms with Crippen molar-refractivity contribution in [3.8, 4) is 5.75 Å². The third kappa shape index (κ3) is 6.48. The SMILES string of the molecule is C[C@@H](NC(=O)COC(=O)COc1ccccc1Cc1ccccc1)c1ccccc1. The number of rotatable bonds is 9. The summed E-state index contributed by atoms with van der Waals surface area (Å²) in [5.41, 5.74) is 3.11. The van der Waals surface area contributed by atoms with Crippen LogP contribution in [0.25, 0.3) is 0 Å². The lowest BCUT2D eigenvalue weighted by Gasteiger charge is -2.14. The van der Waals surface area contributed by atoms with Crippen LogP contribution in [0.4, 0.5) is 0 Å². The summed E-state index contributed by atoms with van der Waals surface area (Å²) in [5.74, 6) is -0.323. The van der Waals surface area contributed by atoms with Crippen LogP contribution in [0.15, 0.2) is 84.9 Å². The fraction of sp³-hybridized carbons (Fsp3) is 0.200. The second-order valence-electron chi connectivity index (χ2n) is 6.92. The van der Waals surface area contributed by atoms with Crippen molar-refractivity contribution in [3.05, 3.63) is 102 Å². The summed E-state index contributed by atoms with van der Waals surface area (Å²) in [4.78, 5) is 24.1. The van der Waals surface area contributed by atoms with Crippen LogP contribution in [0, 0.1) is 0 Å². The molecule has 1 atom stereocenters. The van der Waals surface area contributed by atoms with Crippen molar-refractivity contribution >= 4 is 11.9 Å². The fourth-order valence-electron chi connectivity index (χ4n) is 3.04. The van der Waals surface area contributed by atoms with Crippen molar-refractivity contribution in [3.63, 3.8) is 0 Å². The predicted octanol–water partition coefficient (Wildman–Crippen LogP) is 4.08. The molecular formula is C25H25NO4. The van der Waals surface area contributed by atoms with Gasteiger partial charge >= 0.3 is 5.97 Å². The lowest BCUT2D eigenvalue weighted by molar-refractivity contribution is -0.150. The van der Waals surface area contributed by atoms with E-state index in [-0.39, 0.29) is 25.2 Å². The maximum Gasteiger partial charge on any atom is 0.344 e. The smallest absolute Gasteiger partial charge is 0.344 e. The van der Waals surface area contributed by atoms with Gasteiger partial charge in [0.15, 0.2) is 13.2 Å². The summed E-state index contributed by atoms with van der Waals surface area (Å²) in [5, 5.41) is 2.80. The van der Waals surface area contributed by atoms with Crippen LogP contribution in [0.3, 0.4) is 0 Å². The monoisotopic (exact) mass is 403 g/mol. The van der Waals surface area contributed by atoms with Crippen molar-refractivity contribution in [1.82, 2.24) is 5.32 Å².